The van der Waals surface area contributed by atoms with E-state index in [0.29, 0.717) is 34.3 Å². The van der Waals surface area contributed by atoms with Crippen LogP contribution in [0, 0.1) is 0 Å². The van der Waals surface area contributed by atoms with Crippen LogP contribution in [0.1, 0.15) is 15.9 Å². The molecule has 0 unspecified atom stereocenters. The van der Waals surface area contributed by atoms with Gasteiger partial charge in [0.2, 0.25) is 0 Å². The van der Waals surface area contributed by atoms with Crippen LogP contribution in [0.5, 0.6) is 11.5 Å². The zero-order valence-electron chi connectivity index (χ0n) is 17.7. The molecule has 0 aliphatic rings. The van der Waals surface area contributed by atoms with Gasteiger partial charge in [-0.3, -0.25) is 9.48 Å². The number of methoxy groups -OCH3 is 2. The van der Waals surface area contributed by atoms with Crippen molar-refractivity contribution in [2.24, 2.45) is 0 Å². The number of anilines is 1. The Kier molecular flexibility index (Phi) is 6.42. The third-order valence-electron chi connectivity index (χ3n) is 5.06. The maximum atomic E-state index is 13.2. The van der Waals surface area contributed by atoms with Gasteiger partial charge in [0.05, 0.1) is 31.5 Å². The standard InChI is InChI=1S/C25H22ClN3O3/c1-31-23-15-22(24(32-2)14-21(23)26)28-25(30)20-7-4-3-6-19(20)18-10-8-17(9-11-18)16-29-13-5-12-27-29/h3-15H,16H2,1-2H3,(H,28,30). The molecule has 0 radical (unpaired) electrons. The highest BCUT2D eigenvalue weighted by Gasteiger charge is 2.17. The van der Waals surface area contributed by atoms with Crippen LogP contribution in [-0.2, 0) is 6.54 Å². The fourth-order valence-corrected chi connectivity index (χ4v) is 3.68. The summed E-state index contributed by atoms with van der Waals surface area (Å²) in [5, 5.41) is 7.56. The third kappa shape index (κ3) is 4.60. The second-order valence-corrected chi connectivity index (χ2v) is 7.49. The summed E-state index contributed by atoms with van der Waals surface area (Å²) >= 11 is 6.17. The molecule has 0 saturated heterocycles. The zero-order valence-corrected chi connectivity index (χ0v) is 18.5. The Balaban J connectivity index is 1.60. The van der Waals surface area contributed by atoms with E-state index in [4.69, 9.17) is 21.1 Å². The summed E-state index contributed by atoms with van der Waals surface area (Å²) in [5.74, 6) is 0.636. The highest BCUT2D eigenvalue weighted by atomic mass is 35.5. The molecular weight excluding hydrogens is 426 g/mol. The molecule has 3 aromatic carbocycles. The number of aromatic nitrogens is 2. The molecule has 0 aliphatic carbocycles. The Hall–Kier alpha value is -3.77. The fraction of sp³-hybridized carbons (Fsp3) is 0.120. The van der Waals surface area contributed by atoms with E-state index in [0.717, 1.165) is 16.7 Å². The molecule has 1 amide bonds. The van der Waals surface area contributed by atoms with Crippen molar-refractivity contribution in [1.29, 1.82) is 0 Å². The molecule has 0 saturated carbocycles. The second-order valence-electron chi connectivity index (χ2n) is 7.09. The normalized spacial score (nSPS) is 10.6. The molecule has 32 heavy (non-hydrogen) atoms. The number of ether oxygens (including phenoxy) is 2. The van der Waals surface area contributed by atoms with Gasteiger partial charge in [-0.2, -0.15) is 5.10 Å². The largest absolute Gasteiger partial charge is 0.495 e. The van der Waals surface area contributed by atoms with Crippen molar-refractivity contribution in [3.05, 3.63) is 95.3 Å². The summed E-state index contributed by atoms with van der Waals surface area (Å²) in [5.41, 5.74) is 3.92. The summed E-state index contributed by atoms with van der Waals surface area (Å²) in [6, 6.07) is 20.7. The molecule has 0 aliphatic heterocycles. The Morgan fingerprint density at radius 1 is 1.00 bits per heavy atom. The minimum Gasteiger partial charge on any atom is -0.495 e. The smallest absolute Gasteiger partial charge is 0.256 e. The molecule has 0 atom stereocenters. The first-order chi connectivity index (χ1) is 15.6. The van der Waals surface area contributed by atoms with E-state index in [9.17, 15) is 4.79 Å². The van der Waals surface area contributed by atoms with E-state index >= 15 is 0 Å². The van der Waals surface area contributed by atoms with Gasteiger partial charge in [0.25, 0.3) is 5.91 Å². The molecule has 162 valence electrons. The summed E-state index contributed by atoms with van der Waals surface area (Å²) in [7, 11) is 3.04. The Morgan fingerprint density at radius 2 is 1.75 bits per heavy atom. The fourth-order valence-electron chi connectivity index (χ4n) is 3.45. The molecule has 4 rings (SSSR count). The molecule has 7 heteroatoms. The monoisotopic (exact) mass is 447 g/mol. The number of benzene rings is 3. The van der Waals surface area contributed by atoms with Crippen LogP contribution in [0.4, 0.5) is 5.69 Å². The average molecular weight is 448 g/mol. The second kappa shape index (κ2) is 9.58. The Labute approximate surface area is 191 Å². The van der Waals surface area contributed by atoms with Gasteiger partial charge >= 0.3 is 0 Å². The van der Waals surface area contributed by atoms with Gasteiger partial charge in [0, 0.05) is 30.1 Å². The first kappa shape index (κ1) is 21.5. The van der Waals surface area contributed by atoms with Crippen LogP contribution in [-0.4, -0.2) is 29.9 Å². The zero-order chi connectivity index (χ0) is 22.5. The van der Waals surface area contributed by atoms with Crippen LogP contribution in [0.15, 0.2) is 79.1 Å². The van der Waals surface area contributed by atoms with Gasteiger partial charge in [-0.05, 0) is 28.8 Å². The lowest BCUT2D eigenvalue weighted by atomic mass is 9.98. The van der Waals surface area contributed by atoms with E-state index in [-0.39, 0.29) is 5.91 Å². The van der Waals surface area contributed by atoms with Gasteiger partial charge in [0.15, 0.2) is 0 Å². The van der Waals surface area contributed by atoms with Crippen molar-refractivity contribution in [1.82, 2.24) is 9.78 Å². The van der Waals surface area contributed by atoms with Gasteiger partial charge in [-0.15, -0.1) is 0 Å². The van der Waals surface area contributed by atoms with Crippen molar-refractivity contribution in [2.75, 3.05) is 19.5 Å². The van der Waals surface area contributed by atoms with Crippen molar-refractivity contribution >= 4 is 23.2 Å². The van der Waals surface area contributed by atoms with E-state index in [1.165, 1.54) is 14.2 Å². The lowest BCUT2D eigenvalue weighted by Crippen LogP contribution is -2.14. The van der Waals surface area contributed by atoms with Crippen molar-refractivity contribution in [3.63, 3.8) is 0 Å². The first-order valence-electron chi connectivity index (χ1n) is 9.97. The molecule has 1 heterocycles. The molecule has 0 fully saturated rings. The highest BCUT2D eigenvalue weighted by Crippen LogP contribution is 2.36. The molecule has 4 aromatic rings. The quantitative estimate of drug-likeness (QED) is 0.405. The number of halogens is 1. The predicted octanol–water partition coefficient (Wildman–Crippen LogP) is 5.52. The molecule has 1 N–H and O–H groups in total. The summed E-state index contributed by atoms with van der Waals surface area (Å²) in [6.45, 7) is 0.688. The summed E-state index contributed by atoms with van der Waals surface area (Å²) in [6.07, 6.45) is 3.68. The van der Waals surface area contributed by atoms with Crippen LogP contribution in [0.2, 0.25) is 5.02 Å². The van der Waals surface area contributed by atoms with E-state index in [1.807, 2.05) is 59.4 Å². The van der Waals surface area contributed by atoms with Crippen molar-refractivity contribution in [3.8, 4) is 22.6 Å². The van der Waals surface area contributed by atoms with Gasteiger partial charge in [-0.1, -0.05) is 54.1 Å². The highest BCUT2D eigenvalue weighted by molar-refractivity contribution is 6.32. The Bertz CT molecular complexity index is 1220. The minimum atomic E-state index is -0.260. The number of nitrogens with one attached hydrogen (secondary N) is 1. The van der Waals surface area contributed by atoms with Crippen LogP contribution in [0.3, 0.4) is 0 Å². The van der Waals surface area contributed by atoms with Gasteiger partial charge in [0.1, 0.15) is 11.5 Å². The summed E-state index contributed by atoms with van der Waals surface area (Å²) < 4.78 is 12.5. The number of nitrogens with zero attached hydrogens (tertiary/aromatic N) is 2. The number of rotatable bonds is 7. The van der Waals surface area contributed by atoms with Crippen LogP contribution < -0.4 is 14.8 Å². The first-order valence-corrected chi connectivity index (χ1v) is 10.4. The Morgan fingerprint density at radius 3 is 2.44 bits per heavy atom. The molecular formula is C25H22ClN3O3. The molecule has 1 aromatic heterocycles. The van der Waals surface area contributed by atoms with Crippen LogP contribution in [0.25, 0.3) is 11.1 Å². The topological polar surface area (TPSA) is 65.4 Å². The number of carbonyl (C=O) groups excluding carboxylic acids is 1. The maximum absolute atomic E-state index is 13.2. The number of amides is 1. The number of hydrogen-bond acceptors (Lipinski definition) is 4. The van der Waals surface area contributed by atoms with E-state index in [2.05, 4.69) is 10.4 Å². The number of carbonyl (C=O) groups is 1. The average Bonchev–Trinajstić information content (AvgIpc) is 3.33. The SMILES string of the molecule is COc1cc(NC(=O)c2ccccc2-c2ccc(Cn3cccn3)cc2)c(OC)cc1Cl. The van der Waals surface area contributed by atoms with Crippen molar-refractivity contribution < 1.29 is 14.3 Å². The van der Waals surface area contributed by atoms with Gasteiger partial charge < -0.3 is 14.8 Å². The lowest BCUT2D eigenvalue weighted by Gasteiger charge is -2.15. The van der Waals surface area contributed by atoms with Gasteiger partial charge in [-0.25, -0.2) is 0 Å². The van der Waals surface area contributed by atoms with E-state index < -0.39 is 0 Å². The number of hydrogen-bond donors (Lipinski definition) is 1. The third-order valence-corrected chi connectivity index (χ3v) is 5.36. The molecule has 0 spiro atoms. The minimum absolute atomic E-state index is 0.260. The molecule has 0 bridgehead atoms. The maximum Gasteiger partial charge on any atom is 0.256 e. The van der Waals surface area contributed by atoms with Crippen LogP contribution >= 0.6 is 11.6 Å². The molecule has 6 nitrogen and oxygen atoms in total. The predicted molar refractivity (Wildman–Crippen MR) is 126 cm³/mol. The van der Waals surface area contributed by atoms with E-state index in [1.54, 1.807) is 24.4 Å². The van der Waals surface area contributed by atoms with Crippen molar-refractivity contribution in [2.45, 2.75) is 6.54 Å². The lowest BCUT2D eigenvalue weighted by molar-refractivity contribution is 0.102. The summed E-state index contributed by atoms with van der Waals surface area (Å²) in [4.78, 5) is 13.2.